The normalized spacial score (nSPS) is 19.3. The zero-order chi connectivity index (χ0) is 22.3. The van der Waals surface area contributed by atoms with Crippen LogP contribution in [0, 0.1) is 0 Å². The van der Waals surface area contributed by atoms with Crippen molar-refractivity contribution in [3.63, 3.8) is 0 Å². The third kappa shape index (κ3) is 3.65. The van der Waals surface area contributed by atoms with Crippen molar-refractivity contribution in [2.75, 3.05) is 25.1 Å². The second kappa shape index (κ2) is 8.85. The number of rotatable bonds is 5. The number of amides is 1. The van der Waals surface area contributed by atoms with Gasteiger partial charge in [-0.1, -0.05) is 41.8 Å². The van der Waals surface area contributed by atoms with Crippen LogP contribution in [0.5, 0.6) is 5.75 Å². The largest absolute Gasteiger partial charge is 0.497 e. The van der Waals surface area contributed by atoms with Gasteiger partial charge in [0.25, 0.3) is 11.5 Å². The monoisotopic (exact) mass is 491 g/mol. The summed E-state index contributed by atoms with van der Waals surface area (Å²) in [5.41, 5.74) is 0.939. The van der Waals surface area contributed by atoms with Gasteiger partial charge in [0.05, 0.1) is 12.8 Å². The number of ether oxygens (including phenoxy) is 1. The van der Waals surface area contributed by atoms with Gasteiger partial charge in [-0.05, 0) is 26.0 Å². The predicted molar refractivity (Wildman–Crippen MR) is 134 cm³/mol. The van der Waals surface area contributed by atoms with E-state index in [1.54, 1.807) is 29.5 Å². The molecule has 3 heterocycles. The summed E-state index contributed by atoms with van der Waals surface area (Å²) in [6.07, 6.45) is 1.65. The minimum absolute atomic E-state index is 0.0859. The maximum absolute atomic E-state index is 13.4. The van der Waals surface area contributed by atoms with Gasteiger partial charge in [0.1, 0.15) is 29.2 Å². The highest BCUT2D eigenvalue weighted by atomic mass is 32.2. The van der Waals surface area contributed by atoms with E-state index < -0.39 is 0 Å². The number of nitrogens with zero attached hydrogens (tertiary/aromatic N) is 3. The average molecular weight is 492 g/mol. The third-order valence-electron chi connectivity index (χ3n) is 4.97. The summed E-state index contributed by atoms with van der Waals surface area (Å²) < 4.78 is 8.83. The number of fused-ring (bicyclic) bond motifs is 1. The molecule has 1 saturated heterocycles. The Bertz CT molecular complexity index is 1280. The molecule has 0 spiro atoms. The lowest BCUT2D eigenvalue weighted by Crippen LogP contribution is -2.35. The Kier molecular flexibility index (Phi) is 6.34. The number of thiazole rings is 1. The lowest BCUT2D eigenvalue weighted by Gasteiger charge is -2.17. The Labute approximate surface area is 197 Å². The van der Waals surface area contributed by atoms with Crippen molar-refractivity contribution in [2.24, 2.45) is 0 Å². The SMILES string of the molecule is C=CCN1C(=O)/C(=c2/s/c(=C3\Sc4ccc(OC)cc4N3CC)c(=O)n2CC)SC1=S. The molecule has 6 nitrogen and oxygen atoms in total. The van der Waals surface area contributed by atoms with E-state index in [1.807, 2.05) is 25.1 Å². The molecule has 2 aliphatic heterocycles. The Morgan fingerprint density at radius 2 is 1.94 bits per heavy atom. The molecule has 0 radical (unpaired) electrons. The minimum Gasteiger partial charge on any atom is -0.497 e. The van der Waals surface area contributed by atoms with Crippen LogP contribution in [0.2, 0.25) is 0 Å². The van der Waals surface area contributed by atoms with Gasteiger partial charge in [-0.3, -0.25) is 19.1 Å². The number of hydrogen-bond acceptors (Lipinski definition) is 8. The van der Waals surface area contributed by atoms with E-state index in [9.17, 15) is 9.59 Å². The van der Waals surface area contributed by atoms with Crippen LogP contribution in [0.25, 0.3) is 9.93 Å². The summed E-state index contributed by atoms with van der Waals surface area (Å²) in [5.74, 6) is 0.602. The van der Waals surface area contributed by atoms with Gasteiger partial charge >= 0.3 is 0 Å². The number of benzene rings is 1. The molecule has 1 fully saturated rings. The van der Waals surface area contributed by atoms with E-state index in [-0.39, 0.29) is 11.5 Å². The smallest absolute Gasteiger partial charge is 0.271 e. The Balaban J connectivity index is 1.95. The molecule has 1 aromatic carbocycles. The molecule has 10 heteroatoms. The quantitative estimate of drug-likeness (QED) is 0.471. The van der Waals surface area contributed by atoms with Crippen LogP contribution in [0.15, 0.2) is 40.5 Å². The molecule has 0 aliphatic carbocycles. The van der Waals surface area contributed by atoms with E-state index in [0.29, 0.717) is 38.1 Å². The number of carbonyl (C=O) groups excluding carboxylic acids is 1. The molecule has 1 aromatic heterocycles. The molecule has 4 rings (SSSR count). The number of carbonyl (C=O) groups is 1. The van der Waals surface area contributed by atoms with Crippen molar-refractivity contribution in [2.45, 2.75) is 25.3 Å². The van der Waals surface area contributed by atoms with Crippen LogP contribution in [0.4, 0.5) is 5.69 Å². The number of anilines is 1. The minimum atomic E-state index is -0.172. The van der Waals surface area contributed by atoms with Crippen LogP contribution in [0.1, 0.15) is 13.8 Å². The van der Waals surface area contributed by atoms with E-state index in [2.05, 4.69) is 18.4 Å². The van der Waals surface area contributed by atoms with E-state index in [4.69, 9.17) is 17.0 Å². The van der Waals surface area contributed by atoms with Crippen LogP contribution in [-0.4, -0.2) is 39.9 Å². The molecule has 2 aliphatic rings. The van der Waals surface area contributed by atoms with Crippen molar-refractivity contribution in [1.82, 2.24) is 9.47 Å². The lowest BCUT2D eigenvalue weighted by atomic mass is 10.2. The topological polar surface area (TPSA) is 54.8 Å². The highest BCUT2D eigenvalue weighted by Crippen LogP contribution is 2.47. The highest BCUT2D eigenvalue weighted by molar-refractivity contribution is 8.30. The first-order valence-corrected chi connectivity index (χ1v) is 12.6. The molecule has 0 N–H and O–H groups in total. The summed E-state index contributed by atoms with van der Waals surface area (Å²) in [6.45, 7) is 9.21. The van der Waals surface area contributed by atoms with Crippen molar-refractivity contribution in [1.29, 1.82) is 0 Å². The van der Waals surface area contributed by atoms with Gasteiger partial charge in [0.15, 0.2) is 0 Å². The summed E-state index contributed by atoms with van der Waals surface area (Å²) in [6, 6.07) is 5.92. The van der Waals surface area contributed by atoms with Crippen molar-refractivity contribution in [3.8, 4) is 5.75 Å². The summed E-state index contributed by atoms with van der Waals surface area (Å²) >= 11 is 9.56. The van der Waals surface area contributed by atoms with Gasteiger partial charge in [0, 0.05) is 30.6 Å². The van der Waals surface area contributed by atoms with Crippen LogP contribution < -0.4 is 24.4 Å². The molecular formula is C21H21N3O3S4. The first-order valence-electron chi connectivity index (χ1n) is 9.71. The lowest BCUT2D eigenvalue weighted by molar-refractivity contribution is -0.120. The maximum atomic E-state index is 13.4. The van der Waals surface area contributed by atoms with Crippen LogP contribution in [0.3, 0.4) is 0 Å². The van der Waals surface area contributed by atoms with Crippen LogP contribution >= 0.6 is 47.1 Å². The molecule has 0 saturated carbocycles. The second-order valence-corrected chi connectivity index (χ2v) is 10.3. The molecule has 1 amide bonds. The van der Waals surface area contributed by atoms with E-state index >= 15 is 0 Å². The molecule has 0 unspecified atom stereocenters. The number of aromatic nitrogens is 1. The fraction of sp³-hybridized carbons (Fsp3) is 0.286. The number of methoxy groups -OCH3 is 1. The summed E-state index contributed by atoms with van der Waals surface area (Å²) in [7, 11) is 1.64. The number of thiocarbonyl (C=S) groups is 1. The van der Waals surface area contributed by atoms with Gasteiger partial charge in [-0.25, -0.2) is 0 Å². The van der Waals surface area contributed by atoms with Gasteiger partial charge in [-0.15, -0.1) is 17.9 Å². The summed E-state index contributed by atoms with van der Waals surface area (Å²) in [5, 5.41) is 0.885. The second-order valence-electron chi connectivity index (χ2n) is 6.67. The summed E-state index contributed by atoms with van der Waals surface area (Å²) in [4.78, 5) is 31.6. The highest BCUT2D eigenvalue weighted by Gasteiger charge is 2.34. The van der Waals surface area contributed by atoms with Crippen molar-refractivity contribution < 1.29 is 9.53 Å². The molecular weight excluding hydrogens is 471 g/mol. The molecule has 2 aromatic rings. The number of hydrogen-bond donors (Lipinski definition) is 0. The zero-order valence-corrected chi connectivity index (χ0v) is 20.6. The van der Waals surface area contributed by atoms with E-state index in [1.165, 1.54) is 28.0 Å². The predicted octanol–water partition coefficient (Wildman–Crippen LogP) is 2.79. The molecule has 162 valence electrons. The molecule has 31 heavy (non-hydrogen) atoms. The Morgan fingerprint density at radius 1 is 1.16 bits per heavy atom. The van der Waals surface area contributed by atoms with Crippen molar-refractivity contribution in [3.05, 3.63) is 50.4 Å². The fourth-order valence-corrected chi connectivity index (χ4v) is 7.46. The van der Waals surface area contributed by atoms with Gasteiger partial charge in [0.2, 0.25) is 0 Å². The maximum Gasteiger partial charge on any atom is 0.271 e. The number of thioether (sulfide) groups is 2. The molecule has 0 bridgehead atoms. The van der Waals surface area contributed by atoms with Gasteiger partial charge in [-0.2, -0.15) is 0 Å². The first-order chi connectivity index (χ1) is 14.9. The Hall–Kier alpha value is -2.01. The first kappa shape index (κ1) is 22.2. The van der Waals surface area contributed by atoms with Gasteiger partial charge < -0.3 is 9.64 Å². The Morgan fingerprint density at radius 3 is 2.58 bits per heavy atom. The third-order valence-corrected chi connectivity index (χ3v) is 9.04. The molecule has 0 atom stereocenters. The van der Waals surface area contributed by atoms with E-state index in [0.717, 1.165) is 21.4 Å². The van der Waals surface area contributed by atoms with Crippen molar-refractivity contribution >= 4 is 72.9 Å². The van der Waals surface area contributed by atoms with Crippen LogP contribution in [-0.2, 0) is 11.3 Å². The fourth-order valence-electron chi connectivity index (χ4n) is 3.49. The standard InChI is InChI=1S/C21H21N3O3S4/c1-5-10-24-18(26)16(31-21(24)28)20-23(7-3)17(25)15(30-20)19-22(6-2)13-11-12(27-4)8-9-14(13)29-19/h5,8-9,11H,1,6-7,10H2,2-4H3/b19-15-,20-16-. The average Bonchev–Trinajstić information content (AvgIpc) is 3.39. The zero-order valence-electron chi connectivity index (χ0n) is 17.3.